The topological polar surface area (TPSA) is 38.0 Å². The van der Waals surface area contributed by atoms with Gasteiger partial charge in [-0.2, -0.15) is 0 Å². The number of nitrogens with one attached hydrogen (secondary N) is 1. The van der Waals surface area contributed by atoms with Crippen LogP contribution in [0.3, 0.4) is 0 Å². The number of rotatable bonds is 4. The molecule has 0 saturated heterocycles. The zero-order valence-electron chi connectivity index (χ0n) is 8.48. The first-order valence-electron chi connectivity index (χ1n) is 4.62. The Morgan fingerprint density at radius 3 is 2.00 bits per heavy atom. The second kappa shape index (κ2) is 12.6. The van der Waals surface area contributed by atoms with Crippen LogP contribution in [-0.2, 0) is 0 Å². The lowest BCUT2D eigenvalue weighted by molar-refractivity contribution is 0.573. The predicted molar refractivity (Wildman–Crippen MR) is 52.8 cm³/mol. The molecular formula is C9H24N2. The van der Waals surface area contributed by atoms with Crippen LogP contribution in [0.1, 0.15) is 40.0 Å². The summed E-state index contributed by atoms with van der Waals surface area (Å²) in [5, 5.41) is 3.05. The van der Waals surface area contributed by atoms with Gasteiger partial charge in [-0.1, -0.05) is 27.2 Å². The Labute approximate surface area is 71.6 Å². The van der Waals surface area contributed by atoms with Gasteiger partial charge in [0.2, 0.25) is 0 Å². The van der Waals surface area contributed by atoms with E-state index in [0.717, 1.165) is 19.4 Å². The predicted octanol–water partition coefficient (Wildman–Crippen LogP) is 1.75. The maximum absolute atomic E-state index is 5.62. The molecule has 0 aromatic rings. The highest BCUT2D eigenvalue weighted by atomic mass is 14.8. The lowest BCUT2D eigenvalue weighted by atomic mass is 10.2. The molecule has 11 heavy (non-hydrogen) atoms. The van der Waals surface area contributed by atoms with Gasteiger partial charge in [-0.05, 0) is 26.4 Å². The third-order valence-corrected chi connectivity index (χ3v) is 1.29. The molecule has 70 valence electrons. The Hall–Kier alpha value is -0.0800. The molecule has 0 aromatic carbocycles. The quantitative estimate of drug-likeness (QED) is 0.657. The van der Waals surface area contributed by atoms with Gasteiger partial charge in [0.25, 0.3) is 0 Å². The molecule has 2 nitrogen and oxygen atoms in total. The first kappa shape index (κ1) is 13.5. The van der Waals surface area contributed by atoms with Crippen molar-refractivity contribution in [2.24, 2.45) is 5.73 Å². The summed E-state index contributed by atoms with van der Waals surface area (Å²) in [4.78, 5) is 0. The molecule has 0 aliphatic rings. The Balaban J connectivity index is 0. The molecule has 0 fully saturated rings. The number of hydrogen-bond acceptors (Lipinski definition) is 2. The van der Waals surface area contributed by atoms with Crippen LogP contribution < -0.4 is 11.1 Å². The molecule has 0 rings (SSSR count). The smallest absolute Gasteiger partial charge is 0.00482 e. The highest BCUT2D eigenvalue weighted by Crippen LogP contribution is 1.89. The zero-order valence-corrected chi connectivity index (χ0v) is 8.48. The van der Waals surface area contributed by atoms with Crippen LogP contribution >= 0.6 is 0 Å². The van der Waals surface area contributed by atoms with E-state index in [9.17, 15) is 0 Å². The van der Waals surface area contributed by atoms with Crippen LogP contribution in [-0.4, -0.2) is 19.6 Å². The largest absolute Gasteiger partial charge is 0.328 e. The normalized spacial score (nSPS) is 11.7. The third kappa shape index (κ3) is 17.8. The monoisotopic (exact) mass is 160 g/mol. The van der Waals surface area contributed by atoms with Gasteiger partial charge >= 0.3 is 0 Å². The van der Waals surface area contributed by atoms with Crippen molar-refractivity contribution in [2.45, 2.75) is 46.1 Å². The molecule has 3 N–H and O–H groups in total. The molecule has 0 aromatic heterocycles. The molecule has 0 aliphatic carbocycles. The molecule has 0 amide bonds. The fraction of sp³-hybridized carbons (Fsp3) is 1.00. The van der Waals surface area contributed by atoms with Gasteiger partial charge in [0, 0.05) is 6.04 Å². The third-order valence-electron chi connectivity index (χ3n) is 1.29. The zero-order chi connectivity index (χ0) is 9.11. The van der Waals surface area contributed by atoms with Crippen LogP contribution in [0.5, 0.6) is 0 Å². The van der Waals surface area contributed by atoms with Gasteiger partial charge < -0.3 is 11.1 Å². The van der Waals surface area contributed by atoms with Crippen LogP contribution in [0.2, 0.25) is 0 Å². The average molecular weight is 160 g/mol. The van der Waals surface area contributed by atoms with Crippen molar-refractivity contribution in [1.82, 2.24) is 5.32 Å². The van der Waals surface area contributed by atoms with Crippen molar-refractivity contribution >= 4 is 0 Å². The van der Waals surface area contributed by atoms with Gasteiger partial charge in [-0.25, -0.2) is 0 Å². The minimum Gasteiger partial charge on any atom is -0.328 e. The lowest BCUT2D eigenvalue weighted by Crippen LogP contribution is -2.23. The van der Waals surface area contributed by atoms with Crippen LogP contribution in [0, 0.1) is 0 Å². The molecule has 0 heterocycles. The number of hydrogen-bond donors (Lipinski definition) is 2. The Morgan fingerprint density at radius 1 is 1.27 bits per heavy atom. The number of nitrogens with two attached hydrogens (primary N) is 1. The van der Waals surface area contributed by atoms with Crippen molar-refractivity contribution in [1.29, 1.82) is 0 Å². The summed E-state index contributed by atoms with van der Waals surface area (Å²) in [7, 11) is 1.95. The lowest BCUT2D eigenvalue weighted by Gasteiger charge is -2.05. The molecule has 0 radical (unpaired) electrons. The van der Waals surface area contributed by atoms with Crippen molar-refractivity contribution in [2.75, 3.05) is 13.6 Å². The molecule has 0 spiro atoms. The van der Waals surface area contributed by atoms with Gasteiger partial charge in [0.05, 0.1) is 0 Å². The van der Waals surface area contributed by atoms with E-state index in [1.807, 2.05) is 7.05 Å². The SMILES string of the molecule is CCC.CCC(N)CCNC. The van der Waals surface area contributed by atoms with Crippen LogP contribution in [0.4, 0.5) is 0 Å². The van der Waals surface area contributed by atoms with Crippen molar-refractivity contribution in [3.63, 3.8) is 0 Å². The molecular weight excluding hydrogens is 136 g/mol. The van der Waals surface area contributed by atoms with E-state index in [0.29, 0.717) is 6.04 Å². The van der Waals surface area contributed by atoms with Gasteiger partial charge in [-0.15, -0.1) is 0 Å². The van der Waals surface area contributed by atoms with E-state index in [1.165, 1.54) is 6.42 Å². The van der Waals surface area contributed by atoms with E-state index in [1.54, 1.807) is 0 Å². The van der Waals surface area contributed by atoms with Crippen LogP contribution in [0.25, 0.3) is 0 Å². The van der Waals surface area contributed by atoms with Crippen molar-refractivity contribution < 1.29 is 0 Å². The Kier molecular flexibility index (Phi) is 15.4. The first-order valence-corrected chi connectivity index (χ1v) is 4.62. The molecule has 2 heteroatoms. The molecule has 1 atom stereocenters. The van der Waals surface area contributed by atoms with Gasteiger partial charge in [0.15, 0.2) is 0 Å². The van der Waals surface area contributed by atoms with Crippen molar-refractivity contribution in [3.8, 4) is 0 Å². The summed E-state index contributed by atoms with van der Waals surface area (Å²) < 4.78 is 0. The summed E-state index contributed by atoms with van der Waals surface area (Å²) in [6, 6.07) is 0.391. The summed E-state index contributed by atoms with van der Waals surface area (Å²) in [5.74, 6) is 0. The summed E-state index contributed by atoms with van der Waals surface area (Å²) >= 11 is 0. The van der Waals surface area contributed by atoms with E-state index < -0.39 is 0 Å². The fourth-order valence-corrected chi connectivity index (χ4v) is 0.534. The van der Waals surface area contributed by atoms with E-state index in [4.69, 9.17) is 5.73 Å². The molecule has 1 unspecified atom stereocenters. The maximum atomic E-state index is 5.62. The van der Waals surface area contributed by atoms with E-state index in [-0.39, 0.29) is 0 Å². The molecule has 0 aliphatic heterocycles. The van der Waals surface area contributed by atoms with Gasteiger partial charge in [-0.3, -0.25) is 0 Å². The summed E-state index contributed by atoms with van der Waals surface area (Å²) in [6.07, 6.45) is 3.43. The minimum absolute atomic E-state index is 0.391. The maximum Gasteiger partial charge on any atom is 0.00482 e. The highest BCUT2D eigenvalue weighted by Gasteiger charge is 1.94. The summed E-state index contributed by atoms with van der Waals surface area (Å²) in [6.45, 7) is 7.40. The second-order valence-electron chi connectivity index (χ2n) is 2.77. The average Bonchev–Trinajstić information content (AvgIpc) is 2.02. The van der Waals surface area contributed by atoms with E-state index in [2.05, 4.69) is 26.1 Å². The Morgan fingerprint density at radius 2 is 1.73 bits per heavy atom. The van der Waals surface area contributed by atoms with E-state index >= 15 is 0 Å². The van der Waals surface area contributed by atoms with Crippen molar-refractivity contribution in [3.05, 3.63) is 0 Å². The summed E-state index contributed by atoms with van der Waals surface area (Å²) in [5.41, 5.74) is 5.62. The minimum atomic E-state index is 0.391. The standard InChI is InChI=1S/C6H16N2.C3H8/c1-3-6(7)4-5-8-2;1-3-2/h6,8H,3-5,7H2,1-2H3;3H2,1-2H3. The second-order valence-corrected chi connectivity index (χ2v) is 2.77. The van der Waals surface area contributed by atoms with Gasteiger partial charge in [0.1, 0.15) is 0 Å². The Bertz CT molecular complexity index is 55.5. The molecule has 0 saturated carbocycles. The fourth-order valence-electron chi connectivity index (χ4n) is 0.534. The van der Waals surface area contributed by atoms with Crippen LogP contribution in [0.15, 0.2) is 0 Å². The highest BCUT2D eigenvalue weighted by molar-refractivity contribution is 4.58. The molecule has 0 bridgehead atoms. The first-order chi connectivity index (χ1) is 5.22.